The molecule has 0 atom stereocenters. The molecule has 0 aliphatic rings. The largest absolute Gasteiger partial charge is 0.423 e. The molecule has 0 aliphatic carbocycles. The van der Waals surface area contributed by atoms with E-state index in [2.05, 4.69) is 4.74 Å². The lowest BCUT2D eigenvalue weighted by molar-refractivity contribution is -0.321. The number of alkyl halides is 6. The Hall–Kier alpha value is -0.990. The van der Waals surface area contributed by atoms with E-state index >= 15 is 0 Å². The van der Waals surface area contributed by atoms with E-state index in [1.54, 1.807) is 0 Å². The lowest BCUT2D eigenvalue weighted by Crippen LogP contribution is -2.44. The SMILES string of the molecule is N=C(N)CCCOC(C(F)(F)F)C(F)(F)F. The van der Waals surface area contributed by atoms with Crippen LogP contribution < -0.4 is 5.73 Å². The van der Waals surface area contributed by atoms with Gasteiger partial charge in [0.05, 0.1) is 5.84 Å². The Morgan fingerprint density at radius 1 is 1.12 bits per heavy atom. The molecule has 0 amide bonds. The van der Waals surface area contributed by atoms with Crippen molar-refractivity contribution in [2.75, 3.05) is 6.61 Å². The van der Waals surface area contributed by atoms with Gasteiger partial charge in [-0.1, -0.05) is 0 Å². The summed E-state index contributed by atoms with van der Waals surface area (Å²) >= 11 is 0. The molecule has 0 aromatic rings. The van der Waals surface area contributed by atoms with Crippen molar-refractivity contribution in [3.8, 4) is 0 Å². The van der Waals surface area contributed by atoms with Crippen molar-refractivity contribution >= 4 is 5.84 Å². The zero-order valence-electron chi connectivity index (χ0n) is 7.95. The van der Waals surface area contributed by atoms with E-state index in [-0.39, 0.29) is 18.7 Å². The molecule has 0 heterocycles. The minimum Gasteiger partial charge on any atom is -0.388 e. The zero-order chi connectivity index (χ0) is 13.0. The molecule has 0 aliphatic heterocycles. The first-order valence-corrected chi connectivity index (χ1v) is 4.13. The van der Waals surface area contributed by atoms with Gasteiger partial charge in [0.1, 0.15) is 0 Å². The summed E-state index contributed by atoms with van der Waals surface area (Å²) in [5, 5.41) is 6.70. The molecule has 16 heavy (non-hydrogen) atoms. The molecule has 0 unspecified atom stereocenters. The molecule has 9 heteroatoms. The summed E-state index contributed by atoms with van der Waals surface area (Å²) in [5.74, 6) is -0.320. The first-order valence-electron chi connectivity index (χ1n) is 4.13. The van der Waals surface area contributed by atoms with Crippen molar-refractivity contribution in [1.82, 2.24) is 0 Å². The summed E-state index contributed by atoms with van der Waals surface area (Å²) < 4.78 is 75.1. The Balaban J connectivity index is 4.21. The van der Waals surface area contributed by atoms with Crippen LogP contribution in [0.1, 0.15) is 12.8 Å². The van der Waals surface area contributed by atoms with Crippen molar-refractivity contribution in [2.45, 2.75) is 31.3 Å². The molecule has 0 spiro atoms. The third kappa shape index (κ3) is 5.79. The number of nitrogens with two attached hydrogens (primary N) is 1. The molecule has 0 aromatic heterocycles. The summed E-state index contributed by atoms with van der Waals surface area (Å²) in [6, 6.07) is 0. The summed E-state index contributed by atoms with van der Waals surface area (Å²) in [4.78, 5) is 0. The molecule has 0 radical (unpaired) electrons. The van der Waals surface area contributed by atoms with Gasteiger partial charge in [-0.2, -0.15) is 26.3 Å². The Morgan fingerprint density at radius 3 is 1.88 bits per heavy atom. The molecule has 0 fully saturated rings. The van der Waals surface area contributed by atoms with Gasteiger partial charge in [0.25, 0.3) is 0 Å². The second kappa shape index (κ2) is 5.37. The monoisotopic (exact) mass is 252 g/mol. The van der Waals surface area contributed by atoms with Gasteiger partial charge >= 0.3 is 12.4 Å². The minimum atomic E-state index is -5.49. The van der Waals surface area contributed by atoms with Crippen molar-refractivity contribution in [3.05, 3.63) is 0 Å². The van der Waals surface area contributed by atoms with E-state index in [4.69, 9.17) is 11.1 Å². The second-order valence-corrected chi connectivity index (χ2v) is 2.96. The van der Waals surface area contributed by atoms with Crippen LogP contribution in [0, 0.1) is 5.41 Å². The number of halogens is 6. The lowest BCUT2D eigenvalue weighted by Gasteiger charge is -2.22. The Labute approximate surface area is 87.1 Å². The van der Waals surface area contributed by atoms with E-state index in [1.165, 1.54) is 0 Å². The maximum atomic E-state index is 11.9. The van der Waals surface area contributed by atoms with Crippen LogP contribution in [-0.4, -0.2) is 30.9 Å². The van der Waals surface area contributed by atoms with Gasteiger partial charge in [0, 0.05) is 13.0 Å². The standard InChI is InChI=1S/C7H10F6N2O/c8-6(9,10)5(7(11,12)13)16-3-1-2-4(14)15/h5H,1-3H2,(H3,14,15). The molecule has 3 nitrogen and oxygen atoms in total. The van der Waals surface area contributed by atoms with Gasteiger partial charge in [-0.3, -0.25) is 5.41 Å². The molecule has 0 saturated carbocycles. The predicted octanol–water partition coefficient (Wildman–Crippen LogP) is 2.21. The van der Waals surface area contributed by atoms with Crippen molar-refractivity contribution in [1.29, 1.82) is 5.41 Å². The maximum absolute atomic E-state index is 11.9. The highest BCUT2D eigenvalue weighted by Gasteiger charge is 2.57. The maximum Gasteiger partial charge on any atom is 0.423 e. The van der Waals surface area contributed by atoms with Crippen molar-refractivity contribution in [3.63, 3.8) is 0 Å². The Kier molecular flexibility index (Phi) is 5.04. The molecular weight excluding hydrogens is 242 g/mol. The van der Waals surface area contributed by atoms with Gasteiger partial charge in [-0.25, -0.2) is 0 Å². The topological polar surface area (TPSA) is 59.1 Å². The van der Waals surface area contributed by atoms with Crippen molar-refractivity contribution in [2.24, 2.45) is 5.73 Å². The summed E-state index contributed by atoms with van der Waals surface area (Å²) in [6.45, 7) is -0.761. The predicted molar refractivity (Wildman–Crippen MR) is 43.0 cm³/mol. The van der Waals surface area contributed by atoms with Gasteiger partial charge in [0.15, 0.2) is 0 Å². The quantitative estimate of drug-likeness (QED) is 0.341. The molecule has 0 bridgehead atoms. The van der Waals surface area contributed by atoms with Crippen molar-refractivity contribution < 1.29 is 31.1 Å². The van der Waals surface area contributed by atoms with E-state index in [1.807, 2.05) is 0 Å². The summed E-state index contributed by atoms with van der Waals surface area (Å²) in [6.07, 6.45) is -15.0. The van der Waals surface area contributed by atoms with Gasteiger partial charge in [-0.05, 0) is 6.42 Å². The van der Waals surface area contributed by atoms with Crippen LogP contribution in [0.25, 0.3) is 0 Å². The molecule has 0 saturated heterocycles. The summed E-state index contributed by atoms with van der Waals surface area (Å²) in [7, 11) is 0. The number of nitrogens with one attached hydrogen (secondary N) is 1. The first-order chi connectivity index (χ1) is 7.05. The second-order valence-electron chi connectivity index (χ2n) is 2.96. The fourth-order valence-electron chi connectivity index (χ4n) is 0.838. The third-order valence-electron chi connectivity index (χ3n) is 1.47. The number of ether oxygens (including phenoxy) is 1. The Morgan fingerprint density at radius 2 is 1.56 bits per heavy atom. The highest BCUT2D eigenvalue weighted by atomic mass is 19.4. The van der Waals surface area contributed by atoms with Crippen LogP contribution in [0.15, 0.2) is 0 Å². The number of hydrogen-bond donors (Lipinski definition) is 2. The first kappa shape index (κ1) is 15.0. The van der Waals surface area contributed by atoms with Gasteiger partial charge in [0.2, 0.25) is 6.10 Å². The van der Waals surface area contributed by atoms with E-state index in [0.717, 1.165) is 0 Å². The number of rotatable bonds is 5. The molecule has 0 rings (SSSR count). The fourth-order valence-corrected chi connectivity index (χ4v) is 0.838. The smallest absolute Gasteiger partial charge is 0.388 e. The minimum absolute atomic E-state index is 0.109. The van der Waals surface area contributed by atoms with Crippen LogP contribution in [0.4, 0.5) is 26.3 Å². The normalized spacial score (nSPS) is 13.2. The molecular formula is C7H10F6N2O. The van der Waals surface area contributed by atoms with Crippen LogP contribution in [0.2, 0.25) is 0 Å². The highest BCUT2D eigenvalue weighted by Crippen LogP contribution is 2.35. The van der Waals surface area contributed by atoms with Gasteiger partial charge < -0.3 is 10.5 Å². The lowest BCUT2D eigenvalue weighted by atomic mass is 10.3. The fraction of sp³-hybridized carbons (Fsp3) is 0.857. The average molecular weight is 252 g/mol. The molecule has 96 valence electrons. The van der Waals surface area contributed by atoms with Crippen LogP contribution in [0.3, 0.4) is 0 Å². The highest BCUT2D eigenvalue weighted by molar-refractivity contribution is 5.76. The van der Waals surface area contributed by atoms with E-state index < -0.39 is 25.1 Å². The number of hydrogen-bond acceptors (Lipinski definition) is 2. The Bertz CT molecular complexity index is 222. The number of amidine groups is 1. The zero-order valence-corrected chi connectivity index (χ0v) is 7.95. The van der Waals surface area contributed by atoms with Gasteiger partial charge in [-0.15, -0.1) is 0 Å². The molecule has 0 aromatic carbocycles. The van der Waals surface area contributed by atoms with Crippen LogP contribution in [0.5, 0.6) is 0 Å². The van der Waals surface area contributed by atoms with Crippen LogP contribution in [-0.2, 0) is 4.74 Å². The average Bonchev–Trinajstić information content (AvgIpc) is 1.97. The third-order valence-corrected chi connectivity index (χ3v) is 1.47. The van der Waals surface area contributed by atoms with E-state index in [9.17, 15) is 26.3 Å². The summed E-state index contributed by atoms with van der Waals surface area (Å²) in [5.41, 5.74) is 4.86. The van der Waals surface area contributed by atoms with Crippen LogP contribution >= 0.6 is 0 Å². The molecule has 3 N–H and O–H groups in total. The van der Waals surface area contributed by atoms with E-state index in [0.29, 0.717) is 0 Å².